The maximum atomic E-state index is 12.3. The molecular formula is C18H16N2OS3. The minimum Gasteiger partial charge on any atom is -0.293 e. The number of para-hydroxylation sites is 1. The molecule has 0 fully saturated rings. The summed E-state index contributed by atoms with van der Waals surface area (Å²) in [5.74, 6) is 0.470. The topological polar surface area (TPSA) is 34.9 Å². The first-order valence-corrected chi connectivity index (χ1v) is 9.79. The van der Waals surface area contributed by atoms with Crippen LogP contribution in [0.2, 0.25) is 0 Å². The van der Waals surface area contributed by atoms with Crippen LogP contribution < -0.4 is 0 Å². The van der Waals surface area contributed by atoms with E-state index in [1.54, 1.807) is 4.68 Å². The summed E-state index contributed by atoms with van der Waals surface area (Å²) in [7, 11) is 0. The normalized spacial score (nSPS) is 10.7. The molecule has 0 saturated carbocycles. The second-order valence-electron chi connectivity index (χ2n) is 5.14. The Bertz CT molecular complexity index is 883. The standard InChI is InChI=1S/C18H16N2OS3/c1-2-13-8-10-14(11-9-13)16(21)12-23-17-19-20(18(22)24-17)15-6-4-3-5-7-15/h3-11H,2,12H2,1H3. The van der Waals surface area contributed by atoms with Gasteiger partial charge in [0.05, 0.1) is 11.4 Å². The highest BCUT2D eigenvalue weighted by Gasteiger charge is 2.10. The first-order valence-electron chi connectivity index (χ1n) is 7.58. The van der Waals surface area contributed by atoms with Crippen LogP contribution in [0.1, 0.15) is 22.8 Å². The lowest BCUT2D eigenvalue weighted by molar-refractivity contribution is 0.102. The van der Waals surface area contributed by atoms with E-state index in [-0.39, 0.29) is 5.78 Å². The van der Waals surface area contributed by atoms with Gasteiger partial charge in [-0.3, -0.25) is 4.79 Å². The summed E-state index contributed by atoms with van der Waals surface area (Å²) in [6.45, 7) is 2.10. The Hall–Kier alpha value is -1.76. The molecule has 0 radical (unpaired) electrons. The third-order valence-corrected chi connectivity index (χ3v) is 5.91. The van der Waals surface area contributed by atoms with Gasteiger partial charge in [-0.2, -0.15) is 0 Å². The highest BCUT2D eigenvalue weighted by molar-refractivity contribution is 8.01. The molecule has 1 heterocycles. The number of Topliss-reactive ketones (excluding diaryl/α,β-unsaturated/α-hetero) is 1. The van der Waals surface area contributed by atoms with Crippen LogP contribution in [0.4, 0.5) is 0 Å². The van der Waals surface area contributed by atoms with E-state index in [0.29, 0.717) is 9.71 Å². The Kier molecular flexibility index (Phi) is 5.60. The number of benzene rings is 2. The molecule has 0 spiro atoms. The number of aryl methyl sites for hydroxylation is 1. The summed E-state index contributed by atoms with van der Waals surface area (Å²) < 4.78 is 3.23. The predicted molar refractivity (Wildman–Crippen MR) is 103 cm³/mol. The van der Waals surface area contributed by atoms with Crippen LogP contribution >= 0.6 is 35.3 Å². The van der Waals surface area contributed by atoms with E-state index in [1.165, 1.54) is 28.7 Å². The van der Waals surface area contributed by atoms with Crippen LogP contribution in [0, 0.1) is 3.95 Å². The molecule has 0 N–H and O–H groups in total. The van der Waals surface area contributed by atoms with E-state index in [9.17, 15) is 4.79 Å². The fourth-order valence-corrected chi connectivity index (χ4v) is 4.44. The minimum atomic E-state index is 0.107. The van der Waals surface area contributed by atoms with Crippen LogP contribution in [0.25, 0.3) is 5.69 Å². The van der Waals surface area contributed by atoms with Gasteiger partial charge in [0.15, 0.2) is 14.1 Å². The number of ketones is 1. The summed E-state index contributed by atoms with van der Waals surface area (Å²) in [4.78, 5) is 12.3. The first-order chi connectivity index (χ1) is 11.7. The Morgan fingerprint density at radius 2 is 1.88 bits per heavy atom. The van der Waals surface area contributed by atoms with Crippen LogP contribution in [0.3, 0.4) is 0 Å². The number of nitrogens with zero attached hydrogens (tertiary/aromatic N) is 2. The largest absolute Gasteiger partial charge is 0.293 e. The molecule has 0 aliphatic carbocycles. The molecule has 0 atom stereocenters. The number of rotatable bonds is 6. The van der Waals surface area contributed by atoms with Crippen molar-refractivity contribution in [3.63, 3.8) is 0 Å². The minimum absolute atomic E-state index is 0.107. The summed E-state index contributed by atoms with van der Waals surface area (Å²) in [5.41, 5.74) is 2.91. The quantitative estimate of drug-likeness (QED) is 0.338. The van der Waals surface area contributed by atoms with Gasteiger partial charge in [-0.1, -0.05) is 72.5 Å². The van der Waals surface area contributed by atoms with E-state index in [1.807, 2.05) is 54.6 Å². The third-order valence-electron chi connectivity index (χ3n) is 3.54. The molecule has 2 aromatic carbocycles. The molecule has 0 unspecified atom stereocenters. The first kappa shape index (κ1) is 17.1. The van der Waals surface area contributed by atoms with Crippen LogP contribution in [-0.2, 0) is 6.42 Å². The highest BCUT2D eigenvalue weighted by atomic mass is 32.2. The van der Waals surface area contributed by atoms with Crippen molar-refractivity contribution in [3.8, 4) is 5.69 Å². The van der Waals surface area contributed by atoms with Gasteiger partial charge in [0, 0.05) is 5.56 Å². The van der Waals surface area contributed by atoms with Crippen molar-refractivity contribution in [1.82, 2.24) is 9.78 Å². The van der Waals surface area contributed by atoms with Crippen LogP contribution in [-0.4, -0.2) is 21.3 Å². The number of thioether (sulfide) groups is 1. The second-order valence-corrected chi connectivity index (χ2v) is 7.99. The molecule has 0 aliphatic heterocycles. The molecule has 1 aromatic heterocycles. The molecule has 0 amide bonds. The lowest BCUT2D eigenvalue weighted by Crippen LogP contribution is -2.02. The van der Waals surface area contributed by atoms with Crippen molar-refractivity contribution in [2.45, 2.75) is 17.7 Å². The fourth-order valence-electron chi connectivity index (χ4n) is 2.19. The van der Waals surface area contributed by atoms with E-state index < -0.39 is 0 Å². The number of hydrogen-bond acceptors (Lipinski definition) is 5. The van der Waals surface area contributed by atoms with Gasteiger partial charge in [0.2, 0.25) is 0 Å². The molecule has 24 heavy (non-hydrogen) atoms. The van der Waals surface area contributed by atoms with Gasteiger partial charge in [-0.25, -0.2) is 4.68 Å². The SMILES string of the molecule is CCc1ccc(C(=O)CSc2nn(-c3ccccc3)c(=S)s2)cc1. The smallest absolute Gasteiger partial charge is 0.184 e. The van der Waals surface area contributed by atoms with E-state index >= 15 is 0 Å². The molecule has 3 aromatic rings. The van der Waals surface area contributed by atoms with Crippen molar-refractivity contribution in [2.75, 3.05) is 5.75 Å². The fraction of sp³-hybridized carbons (Fsp3) is 0.167. The maximum Gasteiger partial charge on any atom is 0.184 e. The van der Waals surface area contributed by atoms with Gasteiger partial charge in [0.1, 0.15) is 0 Å². The van der Waals surface area contributed by atoms with Gasteiger partial charge >= 0.3 is 0 Å². The Labute approximate surface area is 154 Å². The van der Waals surface area contributed by atoms with Crippen molar-refractivity contribution < 1.29 is 4.79 Å². The van der Waals surface area contributed by atoms with Gasteiger partial charge in [-0.05, 0) is 36.3 Å². The average Bonchev–Trinajstić information content (AvgIpc) is 3.01. The van der Waals surface area contributed by atoms with E-state index in [4.69, 9.17) is 12.2 Å². The molecular weight excluding hydrogens is 356 g/mol. The lowest BCUT2D eigenvalue weighted by atomic mass is 10.1. The van der Waals surface area contributed by atoms with Crippen molar-refractivity contribution in [2.24, 2.45) is 0 Å². The Morgan fingerprint density at radius 3 is 2.54 bits per heavy atom. The summed E-state index contributed by atoms with van der Waals surface area (Å²) >= 11 is 8.24. The van der Waals surface area contributed by atoms with Crippen molar-refractivity contribution >= 4 is 41.1 Å². The number of carbonyl (C=O) groups is 1. The zero-order chi connectivity index (χ0) is 16.9. The number of carbonyl (C=O) groups excluding carboxylic acids is 1. The number of hydrogen-bond donors (Lipinski definition) is 0. The summed E-state index contributed by atoms with van der Waals surface area (Å²) in [6.07, 6.45) is 0.976. The summed E-state index contributed by atoms with van der Waals surface area (Å²) in [6, 6.07) is 17.6. The van der Waals surface area contributed by atoms with E-state index in [2.05, 4.69) is 12.0 Å². The third kappa shape index (κ3) is 4.01. The van der Waals surface area contributed by atoms with Crippen LogP contribution in [0.5, 0.6) is 0 Å². The Morgan fingerprint density at radius 1 is 1.17 bits per heavy atom. The average molecular weight is 373 g/mol. The maximum absolute atomic E-state index is 12.3. The molecule has 122 valence electrons. The zero-order valence-electron chi connectivity index (χ0n) is 13.1. The molecule has 0 aliphatic rings. The molecule has 6 heteroatoms. The summed E-state index contributed by atoms with van der Waals surface area (Å²) in [5, 5.41) is 4.51. The molecule has 3 nitrogen and oxygen atoms in total. The van der Waals surface area contributed by atoms with Crippen molar-refractivity contribution in [1.29, 1.82) is 0 Å². The van der Waals surface area contributed by atoms with Gasteiger partial charge in [0.25, 0.3) is 0 Å². The lowest BCUT2D eigenvalue weighted by Gasteiger charge is -2.01. The van der Waals surface area contributed by atoms with E-state index in [0.717, 1.165) is 22.0 Å². The number of aromatic nitrogens is 2. The zero-order valence-corrected chi connectivity index (χ0v) is 15.6. The van der Waals surface area contributed by atoms with Gasteiger partial charge in [-0.15, -0.1) is 5.10 Å². The Balaban J connectivity index is 1.68. The highest BCUT2D eigenvalue weighted by Crippen LogP contribution is 2.24. The molecule has 0 bridgehead atoms. The van der Waals surface area contributed by atoms with Crippen molar-refractivity contribution in [3.05, 3.63) is 69.7 Å². The van der Waals surface area contributed by atoms with Crippen LogP contribution in [0.15, 0.2) is 58.9 Å². The predicted octanol–water partition coefficient (Wildman–Crippen LogP) is 5.20. The second kappa shape index (κ2) is 7.88. The monoisotopic (exact) mass is 372 g/mol. The molecule has 3 rings (SSSR count). The van der Waals surface area contributed by atoms with Gasteiger partial charge < -0.3 is 0 Å². The molecule has 0 saturated heterocycles.